The number of halogens is 2. The molecule has 0 aliphatic rings. The van der Waals surface area contributed by atoms with Crippen molar-refractivity contribution in [2.45, 2.75) is 0 Å². The number of aromatic nitrogens is 1. The van der Waals surface area contributed by atoms with Crippen molar-refractivity contribution in [1.29, 1.82) is 0 Å². The average molecular weight is 394 g/mol. The number of nitrogens with one attached hydrogen (secondary N) is 1. The van der Waals surface area contributed by atoms with Crippen LogP contribution in [-0.4, -0.2) is 15.8 Å². The number of non-ortho nitro benzene ring substituents is 1. The maximum Gasteiger partial charge on any atom is 0.269 e. The molecule has 0 aliphatic carbocycles. The molecule has 0 fully saturated rings. The first-order valence-corrected chi connectivity index (χ1v) is 8.49. The Labute approximate surface area is 155 Å². The zero-order valence-corrected chi connectivity index (χ0v) is 14.7. The van der Waals surface area contributed by atoms with Crippen LogP contribution in [0, 0.1) is 10.1 Å². The third kappa shape index (κ3) is 3.96. The standard InChI is InChI=1S/C16H9Cl2N3O3S/c17-11-6-7-12-15(14(11)18)20-16(25-12)19-13(22)8-3-9-1-4-10(5-2-9)21(23)24/h1-8H,(H,19,20,22)/b8-3-. The number of hydrogen-bond donors (Lipinski definition) is 1. The van der Waals surface area contributed by atoms with E-state index in [2.05, 4.69) is 10.3 Å². The molecule has 9 heteroatoms. The number of benzene rings is 2. The van der Waals surface area contributed by atoms with E-state index in [0.29, 0.717) is 26.3 Å². The van der Waals surface area contributed by atoms with Crippen molar-refractivity contribution >= 4 is 67.6 Å². The molecule has 0 saturated heterocycles. The van der Waals surface area contributed by atoms with Gasteiger partial charge in [-0.1, -0.05) is 34.5 Å². The third-order valence-electron chi connectivity index (χ3n) is 3.21. The lowest BCUT2D eigenvalue weighted by molar-refractivity contribution is -0.384. The van der Waals surface area contributed by atoms with E-state index in [1.54, 1.807) is 30.3 Å². The molecule has 3 aromatic rings. The molecular weight excluding hydrogens is 385 g/mol. The fraction of sp³-hybridized carbons (Fsp3) is 0. The van der Waals surface area contributed by atoms with Gasteiger partial charge in [-0.05, 0) is 35.9 Å². The summed E-state index contributed by atoms with van der Waals surface area (Å²) < 4.78 is 0.809. The van der Waals surface area contributed by atoms with Crippen LogP contribution < -0.4 is 5.32 Å². The van der Waals surface area contributed by atoms with Gasteiger partial charge in [0.2, 0.25) is 5.91 Å². The number of nitro benzene ring substituents is 1. The van der Waals surface area contributed by atoms with E-state index in [-0.39, 0.29) is 11.6 Å². The summed E-state index contributed by atoms with van der Waals surface area (Å²) in [5.74, 6) is -0.375. The molecule has 3 rings (SSSR count). The monoisotopic (exact) mass is 393 g/mol. The molecule has 0 saturated carbocycles. The molecule has 6 nitrogen and oxygen atoms in total. The van der Waals surface area contributed by atoms with Crippen molar-refractivity contribution in [2.24, 2.45) is 0 Å². The molecule has 0 spiro atoms. The van der Waals surface area contributed by atoms with Crippen LogP contribution in [0.5, 0.6) is 0 Å². The van der Waals surface area contributed by atoms with Gasteiger partial charge in [0.15, 0.2) is 5.13 Å². The Hall–Kier alpha value is -2.48. The fourth-order valence-corrected chi connectivity index (χ4v) is 3.31. The number of nitro groups is 1. The van der Waals surface area contributed by atoms with Crippen LogP contribution in [0.1, 0.15) is 5.56 Å². The Balaban J connectivity index is 1.72. The van der Waals surface area contributed by atoms with Gasteiger partial charge in [-0.15, -0.1) is 0 Å². The minimum atomic E-state index is -0.481. The topological polar surface area (TPSA) is 85.1 Å². The third-order valence-corrected chi connectivity index (χ3v) is 4.94. The van der Waals surface area contributed by atoms with Gasteiger partial charge < -0.3 is 0 Å². The maximum absolute atomic E-state index is 12.0. The van der Waals surface area contributed by atoms with E-state index in [4.69, 9.17) is 23.2 Å². The second-order valence-corrected chi connectivity index (χ2v) is 6.71. The highest BCUT2D eigenvalue weighted by Crippen LogP contribution is 2.35. The number of carbonyl (C=O) groups excluding carboxylic acids is 1. The summed E-state index contributed by atoms with van der Waals surface area (Å²) in [5.41, 5.74) is 1.19. The van der Waals surface area contributed by atoms with Gasteiger partial charge in [-0.2, -0.15) is 0 Å². The number of nitrogens with zero attached hydrogens (tertiary/aromatic N) is 2. The van der Waals surface area contributed by atoms with E-state index in [1.165, 1.54) is 29.5 Å². The van der Waals surface area contributed by atoms with Gasteiger partial charge in [0.05, 0.1) is 19.7 Å². The van der Waals surface area contributed by atoms with Crippen molar-refractivity contribution in [3.63, 3.8) is 0 Å². The maximum atomic E-state index is 12.0. The highest BCUT2D eigenvalue weighted by molar-refractivity contribution is 7.22. The van der Waals surface area contributed by atoms with Crippen LogP contribution in [0.3, 0.4) is 0 Å². The summed E-state index contributed by atoms with van der Waals surface area (Å²) in [5, 5.41) is 14.4. The Bertz CT molecular complexity index is 1000. The highest BCUT2D eigenvalue weighted by Gasteiger charge is 2.11. The summed E-state index contributed by atoms with van der Waals surface area (Å²) in [6.07, 6.45) is 2.87. The Morgan fingerprint density at radius 2 is 1.92 bits per heavy atom. The van der Waals surface area contributed by atoms with Crippen LogP contribution in [0.25, 0.3) is 16.3 Å². The van der Waals surface area contributed by atoms with Crippen LogP contribution in [0.2, 0.25) is 10.0 Å². The summed E-state index contributed by atoms with van der Waals surface area (Å²) in [4.78, 5) is 26.4. The van der Waals surface area contributed by atoms with Crippen LogP contribution >= 0.6 is 34.5 Å². The Morgan fingerprint density at radius 1 is 1.20 bits per heavy atom. The minimum Gasteiger partial charge on any atom is -0.298 e. The number of anilines is 1. The first-order valence-electron chi connectivity index (χ1n) is 6.92. The van der Waals surface area contributed by atoms with E-state index in [1.807, 2.05) is 0 Å². The molecule has 126 valence electrons. The summed E-state index contributed by atoms with van der Waals surface area (Å²) >= 11 is 13.3. The average Bonchev–Trinajstić information content (AvgIpc) is 3.00. The molecule has 0 atom stereocenters. The van der Waals surface area contributed by atoms with Crippen LogP contribution in [-0.2, 0) is 4.79 Å². The van der Waals surface area contributed by atoms with Crippen molar-refractivity contribution in [2.75, 3.05) is 5.32 Å². The zero-order chi connectivity index (χ0) is 18.0. The largest absolute Gasteiger partial charge is 0.298 e. The summed E-state index contributed by atoms with van der Waals surface area (Å²) in [6, 6.07) is 9.31. The number of thiazole rings is 1. The van der Waals surface area contributed by atoms with Gasteiger partial charge in [0.1, 0.15) is 5.52 Å². The van der Waals surface area contributed by atoms with E-state index >= 15 is 0 Å². The van der Waals surface area contributed by atoms with Crippen LogP contribution in [0.4, 0.5) is 10.8 Å². The molecule has 2 aromatic carbocycles. The van der Waals surface area contributed by atoms with Crippen molar-refractivity contribution in [3.05, 3.63) is 68.2 Å². The lowest BCUT2D eigenvalue weighted by atomic mass is 10.2. The SMILES string of the molecule is O=C(/C=C\c1ccc([N+](=O)[O-])cc1)Nc1nc2c(Cl)c(Cl)ccc2s1. The number of fused-ring (bicyclic) bond motifs is 1. The highest BCUT2D eigenvalue weighted by atomic mass is 35.5. The molecule has 25 heavy (non-hydrogen) atoms. The smallest absolute Gasteiger partial charge is 0.269 e. The molecule has 1 amide bonds. The van der Waals surface area contributed by atoms with Crippen molar-refractivity contribution < 1.29 is 9.72 Å². The quantitative estimate of drug-likeness (QED) is 0.376. The van der Waals surface area contributed by atoms with E-state index in [9.17, 15) is 14.9 Å². The van der Waals surface area contributed by atoms with Gasteiger partial charge in [-0.3, -0.25) is 20.2 Å². The predicted molar refractivity (Wildman–Crippen MR) is 100 cm³/mol. The summed E-state index contributed by atoms with van der Waals surface area (Å²) in [7, 11) is 0. The Morgan fingerprint density at radius 3 is 2.60 bits per heavy atom. The number of rotatable bonds is 4. The fourth-order valence-electron chi connectivity index (χ4n) is 2.02. The number of hydrogen-bond acceptors (Lipinski definition) is 5. The van der Waals surface area contributed by atoms with Gasteiger partial charge in [-0.25, -0.2) is 4.98 Å². The Kier molecular flexibility index (Phi) is 4.98. The molecule has 0 unspecified atom stereocenters. The van der Waals surface area contributed by atoms with Crippen molar-refractivity contribution in [3.8, 4) is 0 Å². The van der Waals surface area contributed by atoms with Gasteiger partial charge in [0.25, 0.3) is 5.69 Å². The summed E-state index contributed by atoms with van der Waals surface area (Å²) in [6.45, 7) is 0. The molecule has 0 radical (unpaired) electrons. The predicted octanol–water partition coefficient (Wildman–Crippen LogP) is 5.16. The molecular formula is C16H9Cl2N3O3S. The lowest BCUT2D eigenvalue weighted by Gasteiger charge is -1.96. The first kappa shape index (κ1) is 17.3. The van der Waals surface area contributed by atoms with Gasteiger partial charge >= 0.3 is 0 Å². The second kappa shape index (κ2) is 7.18. The van der Waals surface area contributed by atoms with E-state index < -0.39 is 4.92 Å². The van der Waals surface area contributed by atoms with E-state index in [0.717, 1.165) is 4.70 Å². The number of amides is 1. The second-order valence-electron chi connectivity index (χ2n) is 4.90. The zero-order valence-electron chi connectivity index (χ0n) is 12.4. The molecule has 1 heterocycles. The van der Waals surface area contributed by atoms with Crippen LogP contribution in [0.15, 0.2) is 42.5 Å². The molecule has 0 bridgehead atoms. The van der Waals surface area contributed by atoms with Gasteiger partial charge in [0, 0.05) is 18.2 Å². The normalized spacial score (nSPS) is 11.1. The first-order chi connectivity index (χ1) is 11.9. The molecule has 1 aromatic heterocycles. The molecule has 1 N–H and O–H groups in total. The van der Waals surface area contributed by atoms with Crippen molar-refractivity contribution in [1.82, 2.24) is 4.98 Å². The number of carbonyl (C=O) groups is 1. The lowest BCUT2D eigenvalue weighted by Crippen LogP contribution is -2.07. The minimum absolute atomic E-state index is 0.00776. The molecule has 0 aliphatic heterocycles.